The summed E-state index contributed by atoms with van der Waals surface area (Å²) >= 11 is -1.19. The molecule has 153 valence electrons. The first-order valence-electron chi connectivity index (χ1n) is 10.1. The molecule has 3 aromatic carbocycles. The standard InChI is InChI=1S/C13H9.C12H7BrN.2ClH.H2S.Zr/c1-3-7-12-10(5-1)9-11-6-2-4-8-13(11)12;13-10-1-2-11-9(6-10)5-8-3-4-14-7-12(8)11;;;;/h1-9H;1-5,7,12H;2*1H;1H2;/q;;;;;+3/p-3. The van der Waals surface area contributed by atoms with E-state index in [0.717, 1.165) is 13.3 Å². The molecule has 1 heterocycles. The summed E-state index contributed by atoms with van der Waals surface area (Å²) in [6, 6.07) is 21.1. The van der Waals surface area contributed by atoms with Gasteiger partial charge in [-0.3, -0.25) is 0 Å². The Morgan fingerprint density at radius 1 is 0.871 bits per heavy atom. The maximum absolute atomic E-state index is 7.69. The predicted molar refractivity (Wildman–Crippen MR) is 137 cm³/mol. The topological polar surface area (TPSA) is 12.4 Å². The van der Waals surface area contributed by atoms with Gasteiger partial charge in [-0.25, -0.2) is 0 Å². The van der Waals surface area contributed by atoms with Crippen LogP contribution in [0.3, 0.4) is 0 Å². The molecule has 0 amide bonds. The molecule has 0 radical (unpaired) electrons. The zero-order valence-corrected chi connectivity index (χ0v) is 22.7. The van der Waals surface area contributed by atoms with Gasteiger partial charge in [-0.1, -0.05) is 0 Å². The number of hydrogen-bond donors (Lipinski definition) is 1. The van der Waals surface area contributed by atoms with Crippen molar-refractivity contribution in [3.05, 3.63) is 105 Å². The monoisotopic (exact) mass is 602 g/mol. The van der Waals surface area contributed by atoms with Gasteiger partial charge in [-0.2, -0.15) is 0 Å². The first-order valence-corrected chi connectivity index (χ1v) is 23.6. The van der Waals surface area contributed by atoms with Crippen molar-refractivity contribution in [2.24, 2.45) is 4.99 Å². The molecule has 0 fully saturated rings. The van der Waals surface area contributed by atoms with Crippen LogP contribution in [0, 0.1) is 0 Å². The van der Waals surface area contributed by atoms with Crippen LogP contribution in [0.15, 0.2) is 88.0 Å². The summed E-state index contributed by atoms with van der Waals surface area (Å²) in [6.07, 6.45) is 8.09. The van der Waals surface area contributed by atoms with Crippen molar-refractivity contribution >= 4 is 57.9 Å². The molecule has 1 aliphatic heterocycles. The van der Waals surface area contributed by atoms with Crippen molar-refractivity contribution in [3.8, 4) is 11.1 Å². The molecule has 3 aromatic rings. The van der Waals surface area contributed by atoms with Crippen LogP contribution in [0.2, 0.25) is 0 Å². The second kappa shape index (κ2) is 7.05. The number of aliphatic imine (C=N–C) groups is 1. The van der Waals surface area contributed by atoms with Crippen LogP contribution in [-0.2, 0) is 14.9 Å². The van der Waals surface area contributed by atoms with Crippen molar-refractivity contribution in [3.63, 3.8) is 0 Å². The summed E-state index contributed by atoms with van der Waals surface area (Å²) in [6.45, 7) is 0. The van der Waals surface area contributed by atoms with Crippen molar-refractivity contribution in [2.75, 3.05) is 0 Å². The normalized spacial score (nSPS) is 19.8. The van der Waals surface area contributed by atoms with Gasteiger partial charge in [-0.15, -0.1) is 0 Å². The first kappa shape index (κ1) is 20.7. The molecule has 0 N–H and O–H groups in total. The second-order valence-corrected chi connectivity index (χ2v) is 35.9. The third kappa shape index (κ3) is 2.95. The van der Waals surface area contributed by atoms with Gasteiger partial charge in [0.1, 0.15) is 0 Å². The van der Waals surface area contributed by atoms with Crippen LogP contribution >= 0.6 is 42.3 Å². The van der Waals surface area contributed by atoms with E-state index < -0.39 is 14.9 Å². The summed E-state index contributed by atoms with van der Waals surface area (Å²) in [5.41, 5.74) is 8.24. The minimum absolute atomic E-state index is 0.141. The zero-order valence-electron chi connectivity index (χ0n) is 16.3. The summed E-state index contributed by atoms with van der Waals surface area (Å²) < 4.78 is 1.76. The Bertz CT molecular complexity index is 1320. The minimum atomic E-state index is -4.99. The molecule has 0 saturated carbocycles. The van der Waals surface area contributed by atoms with Crippen LogP contribution < -0.4 is 3.27 Å². The summed E-state index contributed by atoms with van der Waals surface area (Å²) in [5.74, 6) is 0.141. The van der Waals surface area contributed by atoms with E-state index in [1.54, 1.807) is 0 Å². The van der Waals surface area contributed by atoms with Gasteiger partial charge in [0.15, 0.2) is 0 Å². The van der Waals surface area contributed by atoms with Crippen molar-refractivity contribution < 1.29 is 14.9 Å². The Hall–Kier alpha value is -0.897. The Morgan fingerprint density at radius 2 is 1.52 bits per heavy atom. The fourth-order valence-corrected chi connectivity index (χ4v) is 26.1. The van der Waals surface area contributed by atoms with E-state index in [9.17, 15) is 0 Å². The maximum atomic E-state index is 7.69. The van der Waals surface area contributed by atoms with E-state index >= 15 is 0 Å². The van der Waals surface area contributed by atoms with Crippen LogP contribution in [0.5, 0.6) is 0 Å². The molecular weight excluding hydrogens is 588 g/mol. The second-order valence-electron chi connectivity index (χ2n) is 8.30. The van der Waals surface area contributed by atoms with Crippen LogP contribution in [0.4, 0.5) is 0 Å². The van der Waals surface area contributed by atoms with Gasteiger partial charge in [0.05, 0.1) is 0 Å². The number of halogens is 3. The number of fused-ring (bicyclic) bond motifs is 6. The van der Waals surface area contributed by atoms with Gasteiger partial charge >= 0.3 is 204 Å². The first-order chi connectivity index (χ1) is 14.9. The molecule has 0 spiro atoms. The molecule has 0 aromatic heterocycles. The van der Waals surface area contributed by atoms with Gasteiger partial charge in [0.25, 0.3) is 0 Å². The Balaban J connectivity index is 1.65. The fourth-order valence-electron chi connectivity index (χ4n) is 5.34. The molecule has 1 nitrogen and oxygen atoms in total. The van der Waals surface area contributed by atoms with E-state index in [1.165, 1.54) is 33.4 Å². The van der Waals surface area contributed by atoms with Crippen LogP contribution in [0.25, 0.3) is 17.2 Å². The Morgan fingerprint density at radius 3 is 2.19 bits per heavy atom. The third-order valence-electron chi connectivity index (χ3n) is 6.59. The number of nitrogens with zero attached hydrogens (tertiary/aromatic N) is 1. The number of benzene rings is 3. The molecule has 2 aliphatic carbocycles. The average Bonchev–Trinajstić information content (AvgIpc) is 3.29. The molecule has 0 bridgehead atoms. The van der Waals surface area contributed by atoms with E-state index in [1.807, 2.05) is 12.4 Å². The number of hydrogen-bond acceptors (Lipinski definition) is 2. The zero-order chi connectivity index (χ0) is 21.4. The third-order valence-corrected chi connectivity index (χ3v) is 23.3. The number of rotatable bonds is 2. The Kier molecular flexibility index (Phi) is 4.71. The van der Waals surface area contributed by atoms with Crippen molar-refractivity contribution in [1.82, 2.24) is 0 Å². The molecule has 1 unspecified atom stereocenters. The molecule has 0 saturated heterocycles. The predicted octanol–water partition coefficient (Wildman–Crippen LogP) is 7.77. The molecule has 6 heteroatoms. The SMILES string of the molecule is [SH][Zr]([Cl])([Cl])([c]1c(Br)ccc2c1C=C1C=CN=CC12)[CH]1c2ccccc2-c2ccccc21. The quantitative estimate of drug-likeness (QED) is 0.287. The van der Waals surface area contributed by atoms with Crippen LogP contribution in [-0.4, -0.2) is 6.21 Å². The van der Waals surface area contributed by atoms with Gasteiger partial charge in [0, 0.05) is 0 Å². The van der Waals surface area contributed by atoms with Crippen LogP contribution in [0.1, 0.15) is 31.8 Å². The van der Waals surface area contributed by atoms with E-state index in [-0.39, 0.29) is 9.54 Å². The van der Waals surface area contributed by atoms with Gasteiger partial charge in [0.2, 0.25) is 0 Å². The van der Waals surface area contributed by atoms with Crippen molar-refractivity contribution in [1.29, 1.82) is 0 Å². The molecule has 31 heavy (non-hydrogen) atoms. The summed E-state index contributed by atoms with van der Waals surface area (Å²) in [7, 11) is 20.7. The number of allylic oxidation sites excluding steroid dienone is 2. The number of thiol groups is 1. The van der Waals surface area contributed by atoms with Gasteiger partial charge in [-0.05, 0) is 0 Å². The molecule has 1 atom stereocenters. The van der Waals surface area contributed by atoms with Gasteiger partial charge < -0.3 is 0 Å². The molecule has 6 rings (SSSR count). The van der Waals surface area contributed by atoms with E-state index in [4.69, 9.17) is 26.4 Å². The molecular formula is C25H17BrCl2NSZr. The molecule has 3 aliphatic rings. The van der Waals surface area contributed by atoms with E-state index in [2.05, 4.69) is 93.7 Å². The summed E-state index contributed by atoms with van der Waals surface area (Å²) in [5, 5.41) is 0. The van der Waals surface area contributed by atoms with E-state index in [0.29, 0.717) is 0 Å². The summed E-state index contributed by atoms with van der Waals surface area (Å²) in [4.78, 5) is 4.36. The Labute approximate surface area is 201 Å². The average molecular weight is 606 g/mol. The fraction of sp³-hybridized carbons (Fsp3) is 0.0800. The van der Waals surface area contributed by atoms with Crippen molar-refractivity contribution in [2.45, 2.75) is 9.54 Å².